The standard InChI is InChI=1S/C12H12N2O2Se/c1-5-7-8(6(2)17-5)14-10-9(13-7)11(15-3)12(10)16-4/h1-4H3. The van der Waals surface area contributed by atoms with E-state index in [0.717, 1.165) is 22.4 Å². The van der Waals surface area contributed by atoms with E-state index < -0.39 is 0 Å². The van der Waals surface area contributed by atoms with Crippen molar-refractivity contribution in [3.8, 4) is 0 Å². The Labute approximate surface area is 105 Å². The molecule has 5 heteroatoms. The summed E-state index contributed by atoms with van der Waals surface area (Å²) in [5.74, 6) is 1.42. The molecule has 2 heterocycles. The van der Waals surface area contributed by atoms with Crippen LogP contribution in [0.4, 0.5) is 0 Å². The van der Waals surface area contributed by atoms with E-state index >= 15 is 0 Å². The summed E-state index contributed by atoms with van der Waals surface area (Å²) in [6.07, 6.45) is 0. The van der Waals surface area contributed by atoms with Crippen LogP contribution in [0.2, 0.25) is 0 Å². The molecule has 0 spiro atoms. The molecule has 0 atom stereocenters. The van der Waals surface area contributed by atoms with Gasteiger partial charge in [-0.15, -0.1) is 0 Å². The molecule has 0 saturated carbocycles. The average Bonchev–Trinajstić information content (AvgIpc) is 2.56. The van der Waals surface area contributed by atoms with Crippen LogP contribution in [-0.2, 0) is 9.47 Å². The third-order valence-electron chi connectivity index (χ3n) is 2.91. The van der Waals surface area contributed by atoms with Crippen LogP contribution in [0.25, 0.3) is 22.6 Å². The fourth-order valence-electron chi connectivity index (χ4n) is 2.10. The summed E-state index contributed by atoms with van der Waals surface area (Å²) in [6, 6.07) is 0. The predicted octanol–water partition coefficient (Wildman–Crippen LogP) is 1.74. The molecule has 17 heavy (non-hydrogen) atoms. The first-order chi connectivity index (χ1) is 8.17. The van der Waals surface area contributed by atoms with Crippen molar-refractivity contribution in [2.45, 2.75) is 13.8 Å². The zero-order valence-electron chi connectivity index (χ0n) is 10.1. The van der Waals surface area contributed by atoms with Gasteiger partial charge in [-0.05, 0) is 0 Å². The van der Waals surface area contributed by atoms with E-state index in [4.69, 9.17) is 9.47 Å². The molecule has 0 aromatic carbocycles. The minimum atomic E-state index is 0.392. The van der Waals surface area contributed by atoms with Gasteiger partial charge >= 0.3 is 105 Å². The molecule has 2 aromatic rings. The van der Waals surface area contributed by atoms with E-state index in [1.807, 2.05) is 0 Å². The Kier molecular flexibility index (Phi) is 2.28. The summed E-state index contributed by atoms with van der Waals surface area (Å²) >= 11 is 0.392. The number of ether oxygens (including phenoxy) is 2. The number of hydrogen-bond acceptors (Lipinski definition) is 4. The summed E-state index contributed by atoms with van der Waals surface area (Å²) < 4.78 is 13.2. The Morgan fingerprint density at radius 2 is 1.24 bits per heavy atom. The van der Waals surface area contributed by atoms with Crippen molar-refractivity contribution < 1.29 is 9.47 Å². The molecule has 0 fully saturated rings. The van der Waals surface area contributed by atoms with Crippen molar-refractivity contribution in [1.82, 2.24) is 9.97 Å². The third kappa shape index (κ3) is 1.30. The van der Waals surface area contributed by atoms with Crippen LogP contribution >= 0.6 is 0 Å². The maximum atomic E-state index is 5.28. The monoisotopic (exact) mass is 296 g/mol. The normalized spacial score (nSPS) is 13.6. The van der Waals surface area contributed by atoms with Gasteiger partial charge in [0.1, 0.15) is 0 Å². The number of aryl methyl sites for hydroxylation is 2. The van der Waals surface area contributed by atoms with Crippen molar-refractivity contribution in [2.24, 2.45) is 0 Å². The molecule has 2 aromatic heterocycles. The van der Waals surface area contributed by atoms with E-state index in [9.17, 15) is 0 Å². The first-order valence-corrected chi connectivity index (χ1v) is 6.99. The first kappa shape index (κ1) is 10.8. The summed E-state index contributed by atoms with van der Waals surface area (Å²) in [5.41, 5.74) is 3.72. The van der Waals surface area contributed by atoms with Crippen molar-refractivity contribution in [1.29, 1.82) is 0 Å². The number of nitrogens with zero attached hydrogens (tertiary/aromatic N) is 2. The summed E-state index contributed by atoms with van der Waals surface area (Å²) in [4.78, 5) is 9.31. The van der Waals surface area contributed by atoms with E-state index in [0.29, 0.717) is 26.0 Å². The second-order valence-corrected chi connectivity index (χ2v) is 6.90. The van der Waals surface area contributed by atoms with Gasteiger partial charge in [0, 0.05) is 0 Å². The Morgan fingerprint density at radius 1 is 0.824 bits per heavy atom. The second-order valence-electron chi connectivity index (χ2n) is 3.90. The molecule has 0 amide bonds. The van der Waals surface area contributed by atoms with Gasteiger partial charge in [-0.2, -0.15) is 0 Å². The Balaban J connectivity index is 2.28. The molecular formula is C12H12N2O2Se. The van der Waals surface area contributed by atoms with Crippen LogP contribution in [0.15, 0.2) is 0 Å². The molecule has 0 radical (unpaired) electrons. The maximum absolute atomic E-state index is 5.28. The number of rotatable bonds is 2. The summed E-state index contributed by atoms with van der Waals surface area (Å²) in [5, 5.41) is 0. The van der Waals surface area contributed by atoms with Crippen LogP contribution in [0.5, 0.6) is 0 Å². The molecule has 1 aliphatic carbocycles. The van der Waals surface area contributed by atoms with E-state index in [1.165, 1.54) is 8.87 Å². The molecular weight excluding hydrogens is 283 g/mol. The van der Waals surface area contributed by atoms with Crippen LogP contribution in [-0.4, -0.2) is 38.7 Å². The summed E-state index contributed by atoms with van der Waals surface area (Å²) in [6.45, 7) is 4.25. The second kappa shape index (κ2) is 3.59. The number of hydrogen-bond donors (Lipinski definition) is 0. The molecule has 0 bridgehead atoms. The van der Waals surface area contributed by atoms with Gasteiger partial charge in [-0.25, -0.2) is 0 Å². The van der Waals surface area contributed by atoms with Crippen molar-refractivity contribution in [2.75, 3.05) is 14.2 Å². The fourth-order valence-corrected chi connectivity index (χ4v) is 4.07. The topological polar surface area (TPSA) is 44.2 Å². The molecule has 3 rings (SSSR count). The van der Waals surface area contributed by atoms with Gasteiger partial charge in [0.15, 0.2) is 0 Å². The Morgan fingerprint density at radius 3 is 1.59 bits per heavy atom. The number of methoxy groups -OCH3 is 2. The van der Waals surface area contributed by atoms with Crippen LogP contribution in [0.3, 0.4) is 0 Å². The van der Waals surface area contributed by atoms with Gasteiger partial charge in [0.25, 0.3) is 0 Å². The molecule has 88 valence electrons. The van der Waals surface area contributed by atoms with Gasteiger partial charge < -0.3 is 0 Å². The van der Waals surface area contributed by atoms with Gasteiger partial charge in [0.05, 0.1) is 0 Å². The van der Waals surface area contributed by atoms with E-state index in [2.05, 4.69) is 23.8 Å². The molecule has 0 unspecified atom stereocenters. The number of fused-ring (bicyclic) bond motifs is 2. The molecule has 0 aliphatic heterocycles. The Hall–Kier alpha value is -1.32. The predicted molar refractivity (Wildman–Crippen MR) is 66.8 cm³/mol. The quantitative estimate of drug-likeness (QED) is 0.792. The summed E-state index contributed by atoms with van der Waals surface area (Å²) in [7, 11) is 3.26. The van der Waals surface area contributed by atoms with Crippen molar-refractivity contribution in [3.63, 3.8) is 0 Å². The van der Waals surface area contributed by atoms with Gasteiger partial charge in [-0.1, -0.05) is 0 Å². The van der Waals surface area contributed by atoms with E-state index in [-0.39, 0.29) is 0 Å². The Bertz CT molecular complexity index is 604. The van der Waals surface area contributed by atoms with Crippen LogP contribution in [0.1, 0.15) is 20.3 Å². The van der Waals surface area contributed by atoms with Crippen molar-refractivity contribution >= 4 is 37.1 Å². The zero-order chi connectivity index (χ0) is 12.2. The molecule has 0 N–H and O–H groups in total. The van der Waals surface area contributed by atoms with Gasteiger partial charge in [0.2, 0.25) is 0 Å². The average molecular weight is 295 g/mol. The molecule has 1 aliphatic rings. The first-order valence-electron chi connectivity index (χ1n) is 5.28. The van der Waals surface area contributed by atoms with Crippen LogP contribution in [0, 0.1) is 13.8 Å². The van der Waals surface area contributed by atoms with Crippen LogP contribution < -0.4 is 0 Å². The van der Waals surface area contributed by atoms with Crippen molar-refractivity contribution in [3.05, 3.63) is 20.3 Å². The fraction of sp³-hybridized carbons (Fsp3) is 0.333. The zero-order valence-corrected chi connectivity index (χ0v) is 11.8. The molecule has 4 nitrogen and oxygen atoms in total. The molecule has 0 saturated heterocycles. The van der Waals surface area contributed by atoms with E-state index in [1.54, 1.807) is 14.2 Å². The minimum absolute atomic E-state index is 0.392. The number of aromatic nitrogens is 2. The van der Waals surface area contributed by atoms with Gasteiger partial charge in [-0.3, -0.25) is 0 Å². The third-order valence-corrected chi connectivity index (χ3v) is 5.01. The SMILES string of the molecule is COC1=C(OC)c2nc3c(C)[se]c(C)c3nc21.